The lowest BCUT2D eigenvalue weighted by molar-refractivity contribution is 1.29. The zero-order valence-corrected chi connectivity index (χ0v) is 10.2. The Labute approximate surface area is 97.0 Å². The fourth-order valence-electron chi connectivity index (χ4n) is 1.08. The van der Waals surface area contributed by atoms with Crippen LogP contribution in [0, 0.1) is 3.57 Å². The molecule has 2 rings (SSSR count). The Bertz CT molecular complexity index is 472. The van der Waals surface area contributed by atoms with Crippen LogP contribution in [0.15, 0.2) is 22.9 Å². The summed E-state index contributed by atoms with van der Waals surface area (Å²) in [4.78, 5) is 8.37. The second-order valence-corrected chi connectivity index (χ2v) is 4.52. The summed E-state index contributed by atoms with van der Waals surface area (Å²) in [6.07, 6.45) is 3.29. The van der Waals surface area contributed by atoms with Gasteiger partial charge >= 0.3 is 0 Å². The summed E-state index contributed by atoms with van der Waals surface area (Å²) in [5.41, 5.74) is 8.10. The summed E-state index contributed by atoms with van der Waals surface area (Å²) >= 11 is 5.59. The summed E-state index contributed by atoms with van der Waals surface area (Å²) in [6.45, 7) is 0. The average Bonchev–Trinajstić information content (AvgIpc) is 2.15. The highest BCUT2D eigenvalue weighted by molar-refractivity contribution is 14.1. The zero-order valence-electron chi connectivity index (χ0n) is 6.46. The first-order chi connectivity index (χ1) is 6.20. The number of nitrogen functional groups attached to an aromatic ring is 1. The Morgan fingerprint density at radius 1 is 1.23 bits per heavy atom. The van der Waals surface area contributed by atoms with Crippen LogP contribution in [0.4, 0.5) is 5.69 Å². The highest BCUT2D eigenvalue weighted by Crippen LogP contribution is 2.29. The van der Waals surface area contributed by atoms with Crippen LogP contribution < -0.4 is 5.73 Å². The molecule has 2 N–H and O–H groups in total. The first kappa shape index (κ1) is 9.14. The van der Waals surface area contributed by atoms with Gasteiger partial charge in [0.1, 0.15) is 11.0 Å². The molecule has 0 unspecified atom stereocenters. The van der Waals surface area contributed by atoms with Gasteiger partial charge in [-0.2, -0.15) is 0 Å². The van der Waals surface area contributed by atoms with E-state index in [1.165, 1.54) is 0 Å². The van der Waals surface area contributed by atoms with E-state index in [2.05, 4.69) is 48.5 Å². The van der Waals surface area contributed by atoms with Crippen LogP contribution >= 0.6 is 38.5 Å². The van der Waals surface area contributed by atoms with Gasteiger partial charge in [0, 0.05) is 20.4 Å². The second-order valence-electron chi connectivity index (χ2n) is 2.51. The molecule has 3 nitrogen and oxygen atoms in total. The molecule has 0 atom stereocenters. The maximum atomic E-state index is 5.86. The molecule has 2 aromatic rings. The minimum Gasteiger partial charge on any atom is -0.396 e. The van der Waals surface area contributed by atoms with Crippen LogP contribution in [0.3, 0.4) is 0 Å². The highest BCUT2D eigenvalue weighted by atomic mass is 127. The van der Waals surface area contributed by atoms with Crippen molar-refractivity contribution in [2.24, 2.45) is 0 Å². The number of benzene rings is 1. The van der Waals surface area contributed by atoms with E-state index in [4.69, 9.17) is 5.73 Å². The summed E-state index contributed by atoms with van der Waals surface area (Å²) in [5.74, 6) is 0. The molecule has 0 aliphatic carbocycles. The summed E-state index contributed by atoms with van der Waals surface area (Å²) in [5, 5.41) is 0. The van der Waals surface area contributed by atoms with Gasteiger partial charge in [-0.25, -0.2) is 0 Å². The monoisotopic (exact) mass is 349 g/mol. The number of rotatable bonds is 0. The number of hydrogen-bond donors (Lipinski definition) is 1. The Balaban J connectivity index is 2.97. The predicted molar refractivity (Wildman–Crippen MR) is 64.4 cm³/mol. The van der Waals surface area contributed by atoms with Crippen LogP contribution in [-0.2, 0) is 0 Å². The summed E-state index contributed by atoms with van der Waals surface area (Å²) < 4.78 is 1.91. The second kappa shape index (κ2) is 3.38. The minimum atomic E-state index is 0.687. The quantitative estimate of drug-likeness (QED) is 0.587. The van der Waals surface area contributed by atoms with Crippen LogP contribution in [0.2, 0.25) is 0 Å². The van der Waals surface area contributed by atoms with Gasteiger partial charge in [-0.3, -0.25) is 9.97 Å². The molecule has 5 heteroatoms. The van der Waals surface area contributed by atoms with Crippen molar-refractivity contribution in [3.8, 4) is 0 Å². The Hall–Kier alpha value is -0.430. The molecule has 1 aromatic carbocycles. The molecule has 13 heavy (non-hydrogen) atoms. The van der Waals surface area contributed by atoms with E-state index >= 15 is 0 Å². The lowest BCUT2D eigenvalue weighted by Crippen LogP contribution is -1.95. The van der Waals surface area contributed by atoms with E-state index in [0.29, 0.717) is 5.69 Å². The molecule has 0 amide bonds. The number of anilines is 1. The first-order valence-corrected chi connectivity index (χ1v) is 5.41. The van der Waals surface area contributed by atoms with E-state index in [1.54, 1.807) is 12.4 Å². The lowest BCUT2D eigenvalue weighted by atomic mass is 10.2. The van der Waals surface area contributed by atoms with Gasteiger partial charge in [-0.15, -0.1) is 0 Å². The zero-order chi connectivity index (χ0) is 9.42. The smallest absolute Gasteiger partial charge is 0.114 e. The van der Waals surface area contributed by atoms with E-state index in [0.717, 1.165) is 19.1 Å². The Morgan fingerprint density at radius 3 is 2.54 bits per heavy atom. The third-order valence-corrected chi connectivity index (χ3v) is 3.19. The minimum absolute atomic E-state index is 0.687. The van der Waals surface area contributed by atoms with E-state index in [-0.39, 0.29) is 0 Å². The highest BCUT2D eigenvalue weighted by Gasteiger charge is 2.07. The molecular weight excluding hydrogens is 345 g/mol. The normalized spacial score (nSPS) is 10.6. The fourth-order valence-corrected chi connectivity index (χ4v) is 2.59. The van der Waals surface area contributed by atoms with E-state index < -0.39 is 0 Å². The predicted octanol–water partition coefficient (Wildman–Crippen LogP) is 2.58. The molecule has 66 valence electrons. The van der Waals surface area contributed by atoms with Crippen molar-refractivity contribution in [2.75, 3.05) is 5.73 Å². The van der Waals surface area contributed by atoms with Gasteiger partial charge in [-0.1, -0.05) is 0 Å². The molecule has 1 heterocycles. The van der Waals surface area contributed by atoms with Crippen molar-refractivity contribution in [3.63, 3.8) is 0 Å². The number of nitrogens with two attached hydrogens (primary N) is 1. The number of fused-ring (bicyclic) bond motifs is 1. The van der Waals surface area contributed by atoms with Crippen LogP contribution in [0.25, 0.3) is 11.0 Å². The fraction of sp³-hybridized carbons (Fsp3) is 0. The maximum absolute atomic E-state index is 5.86. The molecule has 0 spiro atoms. The van der Waals surface area contributed by atoms with Crippen molar-refractivity contribution in [2.45, 2.75) is 0 Å². The largest absolute Gasteiger partial charge is 0.396 e. The maximum Gasteiger partial charge on any atom is 0.114 e. The standard InChI is InChI=1S/C8H5BrIN3/c9-4-3-5(10)6(11)8-7(4)12-1-2-13-8/h1-3H,11H2. The summed E-state index contributed by atoms with van der Waals surface area (Å²) in [7, 11) is 0. The number of nitrogens with zero attached hydrogens (tertiary/aromatic N) is 2. The molecule has 0 fully saturated rings. The molecular formula is C8H5BrIN3. The molecule has 0 aliphatic heterocycles. The van der Waals surface area contributed by atoms with Gasteiger partial charge < -0.3 is 5.73 Å². The molecule has 0 radical (unpaired) electrons. The van der Waals surface area contributed by atoms with Gasteiger partial charge in [0.25, 0.3) is 0 Å². The van der Waals surface area contributed by atoms with Gasteiger partial charge in [0.05, 0.1) is 5.69 Å². The Kier molecular flexibility index (Phi) is 2.37. The van der Waals surface area contributed by atoms with Crippen molar-refractivity contribution >= 4 is 55.2 Å². The first-order valence-electron chi connectivity index (χ1n) is 3.54. The molecule has 0 saturated carbocycles. The van der Waals surface area contributed by atoms with Gasteiger partial charge in [0.2, 0.25) is 0 Å². The van der Waals surface area contributed by atoms with Crippen LogP contribution in [0.5, 0.6) is 0 Å². The van der Waals surface area contributed by atoms with Crippen molar-refractivity contribution in [3.05, 3.63) is 26.5 Å². The van der Waals surface area contributed by atoms with Crippen LogP contribution in [-0.4, -0.2) is 9.97 Å². The number of halogens is 2. The molecule has 0 saturated heterocycles. The number of hydrogen-bond acceptors (Lipinski definition) is 3. The van der Waals surface area contributed by atoms with Crippen molar-refractivity contribution in [1.29, 1.82) is 0 Å². The molecule has 0 aliphatic rings. The third kappa shape index (κ3) is 1.50. The van der Waals surface area contributed by atoms with Gasteiger partial charge in [-0.05, 0) is 44.6 Å². The van der Waals surface area contributed by atoms with E-state index in [1.807, 2.05) is 6.07 Å². The van der Waals surface area contributed by atoms with Gasteiger partial charge in [0.15, 0.2) is 0 Å². The molecule has 0 bridgehead atoms. The average molecular weight is 350 g/mol. The third-order valence-electron chi connectivity index (χ3n) is 1.69. The van der Waals surface area contributed by atoms with E-state index in [9.17, 15) is 0 Å². The topological polar surface area (TPSA) is 51.8 Å². The lowest BCUT2D eigenvalue weighted by Gasteiger charge is -2.04. The number of aromatic nitrogens is 2. The molecule has 1 aromatic heterocycles. The van der Waals surface area contributed by atoms with Crippen molar-refractivity contribution < 1.29 is 0 Å². The SMILES string of the molecule is Nc1c(I)cc(Br)c2nccnc12. The Morgan fingerprint density at radius 2 is 1.85 bits per heavy atom. The van der Waals surface area contributed by atoms with Crippen molar-refractivity contribution in [1.82, 2.24) is 9.97 Å². The summed E-state index contributed by atoms with van der Waals surface area (Å²) in [6, 6.07) is 1.94. The van der Waals surface area contributed by atoms with Crippen LogP contribution in [0.1, 0.15) is 0 Å².